The minimum Gasteiger partial charge on any atom is -0.493 e. The van der Waals surface area contributed by atoms with Gasteiger partial charge in [-0.2, -0.15) is 4.98 Å². The second kappa shape index (κ2) is 10.0. The van der Waals surface area contributed by atoms with Crippen molar-refractivity contribution in [1.29, 1.82) is 0 Å². The Labute approximate surface area is 229 Å². The molecule has 1 aromatic carbocycles. The Hall–Kier alpha value is -2.26. The zero-order valence-corrected chi connectivity index (χ0v) is 24.2. The molecule has 2 fully saturated rings. The standard InChI is InChI=1S/C30H40N4O3S/c1-18-15-21(16-19(2)26(18)36-14-6-7-33-8-10-34(11-9-33)12-13-35)28-31-29(37-32-28)27-22-17-23-25(30(23,4)5)24(22)20(3)38-27/h15-16,23,25,35H,6-14,17H2,1-5H3/t23-,25-/m1/s1. The molecular weight excluding hydrogens is 496 g/mol. The molecule has 38 heavy (non-hydrogen) atoms. The van der Waals surface area contributed by atoms with Crippen molar-refractivity contribution in [3.8, 4) is 27.9 Å². The molecule has 7 nitrogen and oxygen atoms in total. The number of fused-ring (bicyclic) bond motifs is 3. The molecule has 6 rings (SSSR count). The van der Waals surface area contributed by atoms with E-state index in [0.29, 0.717) is 29.7 Å². The number of piperazine rings is 1. The zero-order valence-electron chi connectivity index (χ0n) is 23.3. The van der Waals surface area contributed by atoms with E-state index in [9.17, 15) is 0 Å². The van der Waals surface area contributed by atoms with Gasteiger partial charge in [0.1, 0.15) is 5.75 Å². The minimum absolute atomic E-state index is 0.245. The largest absolute Gasteiger partial charge is 0.493 e. The smallest absolute Gasteiger partial charge is 0.268 e. The number of hydrogen-bond acceptors (Lipinski definition) is 8. The molecule has 1 N–H and O–H groups in total. The van der Waals surface area contributed by atoms with E-state index in [0.717, 1.165) is 80.5 Å². The van der Waals surface area contributed by atoms with E-state index in [4.69, 9.17) is 19.4 Å². The lowest BCUT2D eigenvalue weighted by atomic mass is 9.95. The lowest BCUT2D eigenvalue weighted by Crippen LogP contribution is -2.47. The molecule has 1 aliphatic heterocycles. The lowest BCUT2D eigenvalue weighted by Gasteiger charge is -2.34. The predicted octanol–water partition coefficient (Wildman–Crippen LogP) is 5.06. The van der Waals surface area contributed by atoms with E-state index in [2.05, 4.69) is 61.7 Å². The van der Waals surface area contributed by atoms with E-state index in [1.807, 2.05) is 11.3 Å². The van der Waals surface area contributed by atoms with Gasteiger partial charge in [-0.1, -0.05) is 19.0 Å². The van der Waals surface area contributed by atoms with Crippen LogP contribution in [0.15, 0.2) is 16.7 Å². The molecule has 2 atom stereocenters. The van der Waals surface area contributed by atoms with Gasteiger partial charge in [-0.25, -0.2) is 0 Å². The summed E-state index contributed by atoms with van der Waals surface area (Å²) in [5.74, 6) is 3.71. The summed E-state index contributed by atoms with van der Waals surface area (Å²) in [6.07, 6.45) is 2.13. The molecule has 1 saturated heterocycles. The average Bonchev–Trinajstić information content (AvgIpc) is 3.38. The van der Waals surface area contributed by atoms with E-state index in [-0.39, 0.29) is 6.61 Å². The van der Waals surface area contributed by atoms with Crippen molar-refractivity contribution in [1.82, 2.24) is 19.9 Å². The maximum absolute atomic E-state index is 9.11. The number of aliphatic hydroxyl groups is 1. The average molecular weight is 537 g/mol. The van der Waals surface area contributed by atoms with Crippen molar-refractivity contribution in [2.45, 2.75) is 53.4 Å². The fourth-order valence-electron chi connectivity index (χ4n) is 6.88. The van der Waals surface area contributed by atoms with Gasteiger partial charge in [0.05, 0.1) is 18.1 Å². The monoisotopic (exact) mass is 536 g/mol. The molecule has 0 unspecified atom stereocenters. The maximum Gasteiger partial charge on any atom is 0.268 e. The highest BCUT2D eigenvalue weighted by Gasteiger charge is 2.63. The molecule has 0 bridgehead atoms. The number of nitrogens with zero attached hydrogens (tertiary/aromatic N) is 4. The first kappa shape index (κ1) is 26.0. The van der Waals surface area contributed by atoms with E-state index in [1.165, 1.54) is 15.3 Å². The lowest BCUT2D eigenvalue weighted by molar-refractivity contribution is 0.108. The molecule has 2 aromatic heterocycles. The number of thiophene rings is 1. The molecule has 0 radical (unpaired) electrons. The van der Waals surface area contributed by atoms with Crippen LogP contribution >= 0.6 is 11.3 Å². The molecule has 8 heteroatoms. The van der Waals surface area contributed by atoms with Gasteiger partial charge in [0.25, 0.3) is 5.89 Å². The van der Waals surface area contributed by atoms with E-state index < -0.39 is 0 Å². The number of aliphatic hydroxyl groups excluding tert-OH is 1. The molecular formula is C30H40N4O3S. The Morgan fingerprint density at radius 3 is 2.45 bits per heavy atom. The molecule has 3 heterocycles. The van der Waals surface area contributed by atoms with Crippen molar-refractivity contribution in [3.05, 3.63) is 39.3 Å². The van der Waals surface area contributed by atoms with Gasteiger partial charge in [-0.15, -0.1) is 11.3 Å². The molecule has 0 amide bonds. The highest BCUT2D eigenvalue weighted by Crippen LogP contribution is 2.72. The quantitative estimate of drug-likeness (QED) is 0.383. The Bertz CT molecular complexity index is 1300. The number of benzene rings is 1. The third kappa shape index (κ3) is 4.59. The van der Waals surface area contributed by atoms with Crippen LogP contribution in [-0.2, 0) is 6.42 Å². The zero-order chi connectivity index (χ0) is 26.6. The number of rotatable bonds is 9. The topological polar surface area (TPSA) is 74.9 Å². The molecule has 2 aliphatic carbocycles. The Kier molecular flexibility index (Phi) is 6.87. The summed E-state index contributed by atoms with van der Waals surface area (Å²) in [6.45, 7) is 18.2. The highest BCUT2D eigenvalue weighted by atomic mass is 32.1. The first-order chi connectivity index (χ1) is 18.3. The van der Waals surface area contributed by atoms with E-state index >= 15 is 0 Å². The van der Waals surface area contributed by atoms with Crippen LogP contribution in [-0.4, -0.2) is 77.5 Å². The van der Waals surface area contributed by atoms with E-state index in [1.54, 1.807) is 5.56 Å². The van der Waals surface area contributed by atoms with Gasteiger partial charge in [0.2, 0.25) is 5.82 Å². The first-order valence-electron chi connectivity index (χ1n) is 14.0. The third-order valence-electron chi connectivity index (χ3n) is 9.10. The van der Waals surface area contributed by atoms with Crippen molar-refractivity contribution < 1.29 is 14.4 Å². The maximum atomic E-state index is 9.11. The van der Waals surface area contributed by atoms with Crippen LogP contribution in [0.2, 0.25) is 0 Å². The third-order valence-corrected chi connectivity index (χ3v) is 10.3. The fourth-order valence-corrected chi connectivity index (χ4v) is 8.04. The summed E-state index contributed by atoms with van der Waals surface area (Å²) in [5.41, 5.74) is 6.60. The van der Waals surface area contributed by atoms with Crippen molar-refractivity contribution in [3.63, 3.8) is 0 Å². The number of β-amino-alcohol motifs (C(OH)–C–C–N with tert-alkyl or cyclic N) is 1. The normalized spacial score (nSPS) is 22.5. The summed E-state index contributed by atoms with van der Waals surface area (Å²) < 4.78 is 12.0. The van der Waals surface area contributed by atoms with Crippen LogP contribution in [0.5, 0.6) is 5.75 Å². The second-order valence-electron chi connectivity index (χ2n) is 12.0. The first-order valence-corrected chi connectivity index (χ1v) is 14.9. The van der Waals surface area contributed by atoms with Gasteiger partial charge < -0.3 is 19.3 Å². The van der Waals surface area contributed by atoms with Crippen molar-refractivity contribution >= 4 is 11.3 Å². The van der Waals surface area contributed by atoms with Crippen LogP contribution in [0.4, 0.5) is 0 Å². The SMILES string of the molecule is Cc1cc(-c2noc(-c3sc(C)c4c3C[C@@H]3[C@H]4C3(C)C)n2)cc(C)c1OCCCN1CCN(CCO)CC1. The summed E-state index contributed by atoms with van der Waals surface area (Å²) >= 11 is 1.81. The van der Waals surface area contributed by atoms with Crippen LogP contribution in [0, 0.1) is 32.1 Å². The van der Waals surface area contributed by atoms with Crippen LogP contribution < -0.4 is 4.74 Å². The number of aryl methyl sites for hydroxylation is 3. The predicted molar refractivity (Wildman–Crippen MR) is 151 cm³/mol. The fraction of sp³-hybridized carbons (Fsp3) is 0.600. The Balaban J connectivity index is 1.08. The number of aromatic nitrogens is 2. The molecule has 3 aromatic rings. The van der Waals surface area contributed by atoms with Gasteiger partial charge in [-0.3, -0.25) is 4.90 Å². The van der Waals surface area contributed by atoms with Crippen LogP contribution in [0.1, 0.15) is 53.3 Å². The van der Waals surface area contributed by atoms with Crippen LogP contribution in [0.3, 0.4) is 0 Å². The summed E-state index contributed by atoms with van der Waals surface area (Å²) in [4.78, 5) is 12.2. The van der Waals surface area contributed by atoms with Crippen molar-refractivity contribution in [2.24, 2.45) is 11.3 Å². The Morgan fingerprint density at radius 2 is 1.76 bits per heavy atom. The Morgan fingerprint density at radius 1 is 1.08 bits per heavy atom. The van der Waals surface area contributed by atoms with Crippen molar-refractivity contribution in [2.75, 3.05) is 52.5 Å². The van der Waals surface area contributed by atoms with Gasteiger partial charge in [-0.05, 0) is 85.3 Å². The molecule has 0 spiro atoms. The van der Waals surface area contributed by atoms with Gasteiger partial charge in [0.15, 0.2) is 0 Å². The summed E-state index contributed by atoms with van der Waals surface area (Å²) in [7, 11) is 0. The molecule has 204 valence electrons. The number of hydrogen-bond donors (Lipinski definition) is 1. The molecule has 3 aliphatic rings. The minimum atomic E-state index is 0.245. The summed E-state index contributed by atoms with van der Waals surface area (Å²) in [6, 6.07) is 4.22. The van der Waals surface area contributed by atoms with Gasteiger partial charge in [0, 0.05) is 49.7 Å². The van der Waals surface area contributed by atoms with Crippen LogP contribution in [0.25, 0.3) is 22.2 Å². The molecule has 1 saturated carbocycles. The summed E-state index contributed by atoms with van der Waals surface area (Å²) in [5, 5.41) is 13.5. The number of ether oxygens (including phenoxy) is 1. The highest BCUT2D eigenvalue weighted by molar-refractivity contribution is 7.15. The second-order valence-corrected chi connectivity index (χ2v) is 13.2. The van der Waals surface area contributed by atoms with Gasteiger partial charge >= 0.3 is 0 Å².